The number of carbonyl (C=O) groups excluding carboxylic acids is 1. The highest BCUT2D eigenvalue weighted by Crippen LogP contribution is 2.39. The van der Waals surface area contributed by atoms with Crippen LogP contribution in [0.1, 0.15) is 45.4 Å². The van der Waals surface area contributed by atoms with Crippen LogP contribution in [0.3, 0.4) is 0 Å². The highest BCUT2D eigenvalue weighted by molar-refractivity contribution is 6.93. The molecule has 3 heteroatoms. The van der Waals surface area contributed by atoms with Crippen molar-refractivity contribution in [2.24, 2.45) is 0 Å². The average Bonchev–Trinajstić information content (AvgIpc) is 2.65. The number of carbonyl (C=O) groups is 1. The van der Waals surface area contributed by atoms with Crippen molar-refractivity contribution in [2.75, 3.05) is 0 Å². The van der Waals surface area contributed by atoms with E-state index in [0.717, 1.165) is 6.42 Å². The van der Waals surface area contributed by atoms with Gasteiger partial charge >= 0.3 is 0 Å². The predicted molar refractivity (Wildman–Crippen MR) is 100 cm³/mol. The minimum Gasteiger partial charge on any atom is -0.295 e. The van der Waals surface area contributed by atoms with Gasteiger partial charge in [-0.1, -0.05) is 76.7 Å². The Morgan fingerprint density at radius 2 is 1.48 bits per heavy atom. The maximum atomic E-state index is 12.6. The second-order valence-corrected chi connectivity index (χ2v) is 18.4. The van der Waals surface area contributed by atoms with E-state index >= 15 is 0 Å². The summed E-state index contributed by atoms with van der Waals surface area (Å²) < 4.78 is 0. The lowest BCUT2D eigenvalue weighted by Crippen LogP contribution is -2.34. The van der Waals surface area contributed by atoms with Gasteiger partial charge < -0.3 is 0 Å². The third-order valence-corrected chi connectivity index (χ3v) is 8.50. The number of hydrogen-bond donors (Lipinski definition) is 0. The molecule has 0 atom stereocenters. The zero-order chi connectivity index (χ0) is 16.3. The monoisotopic (exact) mass is 322 g/mol. The Kier molecular flexibility index (Phi) is 6.42. The average molecular weight is 323 g/mol. The molecule has 0 saturated carbocycles. The van der Waals surface area contributed by atoms with E-state index in [-0.39, 0.29) is 0 Å². The van der Waals surface area contributed by atoms with Crippen molar-refractivity contribution in [1.29, 1.82) is 0 Å². The van der Waals surface area contributed by atoms with Gasteiger partial charge in [-0.2, -0.15) is 0 Å². The summed E-state index contributed by atoms with van der Waals surface area (Å²) in [6.45, 7) is 16.4. The van der Waals surface area contributed by atoms with Gasteiger partial charge in [0.25, 0.3) is 0 Å². The number of rotatable bonds is 7. The molecule has 21 heavy (non-hydrogen) atoms. The molecule has 1 aliphatic carbocycles. The smallest absolute Gasteiger partial charge is 0.159 e. The second-order valence-electron chi connectivity index (χ2n) is 8.43. The van der Waals surface area contributed by atoms with E-state index in [0.29, 0.717) is 12.2 Å². The third-order valence-electron chi connectivity index (χ3n) is 4.15. The Bertz CT molecular complexity index is 445. The lowest BCUT2D eigenvalue weighted by atomic mass is 10.1. The maximum Gasteiger partial charge on any atom is 0.159 e. The molecule has 0 aliphatic heterocycles. The molecular weight excluding hydrogens is 288 g/mol. The molecule has 0 unspecified atom stereocenters. The molecule has 0 bridgehead atoms. The molecule has 0 fully saturated rings. The minimum absolute atomic E-state index is 0.436. The molecule has 120 valence electrons. The van der Waals surface area contributed by atoms with E-state index in [2.05, 4.69) is 52.3 Å². The van der Waals surface area contributed by atoms with Gasteiger partial charge in [-0.25, -0.2) is 0 Å². The summed E-state index contributed by atoms with van der Waals surface area (Å²) in [4.78, 5) is 12.6. The highest BCUT2D eigenvalue weighted by atomic mass is 28.3. The van der Waals surface area contributed by atoms with Crippen molar-refractivity contribution >= 4 is 21.9 Å². The molecule has 0 radical (unpaired) electrons. The molecule has 0 amide bonds. The van der Waals surface area contributed by atoms with Crippen LogP contribution in [-0.4, -0.2) is 21.9 Å². The molecular formula is C18H34OSi2. The van der Waals surface area contributed by atoms with Gasteiger partial charge in [0.1, 0.15) is 0 Å². The van der Waals surface area contributed by atoms with Crippen LogP contribution in [0.2, 0.25) is 39.3 Å². The molecule has 0 saturated heterocycles. The molecule has 1 nitrogen and oxygen atoms in total. The Hall–Kier alpha value is -0.416. The van der Waals surface area contributed by atoms with Crippen LogP contribution >= 0.6 is 0 Å². The summed E-state index contributed by atoms with van der Waals surface area (Å²) in [5, 5.41) is 2.78. The van der Waals surface area contributed by atoms with E-state index in [1.807, 2.05) is 0 Å². The van der Waals surface area contributed by atoms with Crippen molar-refractivity contribution < 1.29 is 4.79 Å². The first-order valence-corrected chi connectivity index (χ1v) is 15.6. The van der Waals surface area contributed by atoms with Gasteiger partial charge in [-0.3, -0.25) is 4.79 Å². The molecule has 0 heterocycles. The first kappa shape index (κ1) is 18.6. The van der Waals surface area contributed by atoms with Crippen LogP contribution in [-0.2, 0) is 4.79 Å². The predicted octanol–water partition coefficient (Wildman–Crippen LogP) is 5.91. The van der Waals surface area contributed by atoms with Crippen molar-refractivity contribution in [3.05, 3.63) is 22.0 Å². The van der Waals surface area contributed by atoms with Crippen LogP contribution in [0.15, 0.2) is 22.0 Å². The number of unbranched alkanes of at least 4 members (excludes halogenated alkanes) is 4. The summed E-state index contributed by atoms with van der Waals surface area (Å²) in [7, 11) is -2.99. The van der Waals surface area contributed by atoms with Gasteiger partial charge in [-0.15, -0.1) is 0 Å². The molecule has 0 aromatic rings. The van der Waals surface area contributed by atoms with Gasteiger partial charge in [-0.05, 0) is 23.6 Å². The number of Topliss-reactive ketones (excluding diaryl/α,β-unsaturated/α-hetero) is 1. The van der Waals surface area contributed by atoms with Gasteiger partial charge in [0.2, 0.25) is 0 Å². The van der Waals surface area contributed by atoms with E-state index in [1.54, 1.807) is 0 Å². The summed E-state index contributed by atoms with van der Waals surface area (Å²) in [6.07, 6.45) is 9.44. The normalized spacial score (nSPS) is 19.0. The van der Waals surface area contributed by atoms with E-state index in [9.17, 15) is 4.79 Å². The second kappa shape index (κ2) is 7.23. The van der Waals surface area contributed by atoms with Crippen molar-refractivity contribution in [2.45, 2.75) is 84.7 Å². The topological polar surface area (TPSA) is 17.1 Å². The maximum absolute atomic E-state index is 12.6. The fourth-order valence-electron chi connectivity index (χ4n) is 3.32. The Morgan fingerprint density at radius 1 is 0.905 bits per heavy atom. The number of ketones is 1. The van der Waals surface area contributed by atoms with Gasteiger partial charge in [0.15, 0.2) is 5.78 Å². The standard InChI is InChI=1S/C18H34OSi2/c1-8-9-10-11-12-13-15-14-16(19)18(21(5,6)7)17(15)20(2,3)4/h13H,8-12,14H2,1-7H3/b15-13+. The summed E-state index contributed by atoms with van der Waals surface area (Å²) in [6, 6.07) is 0. The van der Waals surface area contributed by atoms with Crippen LogP contribution in [0.5, 0.6) is 0 Å². The van der Waals surface area contributed by atoms with Crippen molar-refractivity contribution in [3.8, 4) is 0 Å². The van der Waals surface area contributed by atoms with E-state index in [4.69, 9.17) is 0 Å². The third kappa shape index (κ3) is 5.06. The highest BCUT2D eigenvalue weighted by Gasteiger charge is 2.40. The van der Waals surface area contributed by atoms with Crippen LogP contribution in [0.4, 0.5) is 0 Å². The fraction of sp³-hybridized carbons (Fsp3) is 0.722. The zero-order valence-corrected chi connectivity index (χ0v) is 17.2. The molecule has 0 N–H and O–H groups in total. The Morgan fingerprint density at radius 3 is 1.95 bits per heavy atom. The van der Waals surface area contributed by atoms with E-state index in [1.165, 1.54) is 41.6 Å². The van der Waals surface area contributed by atoms with Gasteiger partial charge in [0.05, 0.1) is 16.1 Å². The van der Waals surface area contributed by atoms with Crippen molar-refractivity contribution in [1.82, 2.24) is 0 Å². The Labute approximate surface area is 133 Å². The quantitative estimate of drug-likeness (QED) is 0.421. The minimum atomic E-state index is -1.54. The molecule has 1 rings (SSSR count). The summed E-state index contributed by atoms with van der Waals surface area (Å²) >= 11 is 0. The Balaban J connectivity index is 3.04. The first-order valence-electron chi connectivity index (χ1n) is 8.57. The number of hydrogen-bond acceptors (Lipinski definition) is 1. The number of allylic oxidation sites excluding steroid dienone is 4. The molecule has 1 aliphatic rings. The van der Waals surface area contributed by atoms with E-state index < -0.39 is 16.1 Å². The SMILES string of the molecule is CCCCCC/C=C1\CC(=O)C([Si](C)(C)C)=C1[Si](C)(C)C. The fourth-order valence-corrected chi connectivity index (χ4v) is 9.45. The summed E-state index contributed by atoms with van der Waals surface area (Å²) in [5.74, 6) is 0.436. The van der Waals surface area contributed by atoms with Crippen LogP contribution in [0.25, 0.3) is 0 Å². The first-order chi connectivity index (χ1) is 9.59. The van der Waals surface area contributed by atoms with Gasteiger partial charge in [0, 0.05) is 6.42 Å². The zero-order valence-electron chi connectivity index (χ0n) is 15.2. The van der Waals surface area contributed by atoms with Crippen LogP contribution < -0.4 is 0 Å². The largest absolute Gasteiger partial charge is 0.295 e. The molecule has 0 spiro atoms. The van der Waals surface area contributed by atoms with Crippen molar-refractivity contribution in [3.63, 3.8) is 0 Å². The summed E-state index contributed by atoms with van der Waals surface area (Å²) in [5.41, 5.74) is 1.40. The lowest BCUT2D eigenvalue weighted by molar-refractivity contribution is -0.114. The lowest BCUT2D eigenvalue weighted by Gasteiger charge is -2.26. The molecule has 0 aromatic heterocycles. The van der Waals surface area contributed by atoms with Crippen LogP contribution in [0, 0.1) is 0 Å². The molecule has 0 aromatic carbocycles.